The van der Waals surface area contributed by atoms with Gasteiger partial charge in [0.15, 0.2) is 0 Å². The van der Waals surface area contributed by atoms with Gasteiger partial charge in [0.05, 0.1) is 0 Å². The van der Waals surface area contributed by atoms with Gasteiger partial charge in [-0.15, -0.1) is 0 Å². The van der Waals surface area contributed by atoms with E-state index in [2.05, 4.69) is 0 Å². The average Bonchev–Trinajstić information content (AvgIpc) is 2.47. The molecule has 0 atom stereocenters. The largest absolute Gasteiger partial charge is 0.511 e. The molecule has 0 bridgehead atoms. The Balaban J connectivity index is 1.94. The number of carbonyl (C=O) groups excluding carboxylic acids is 1. The Bertz CT molecular complexity index is 666. The number of hydrogen-bond donors (Lipinski definition) is 1. The van der Waals surface area contributed by atoms with Gasteiger partial charge in [-0.05, 0) is 17.7 Å². The molecule has 2 rings (SSSR count). The maximum Gasteiger partial charge on any atom is 0.511 e. The number of nitrogens with two attached hydrogens (primary N) is 1. The second kappa shape index (κ2) is 6.46. The van der Waals surface area contributed by atoms with E-state index in [9.17, 15) is 26.4 Å². The summed E-state index contributed by atoms with van der Waals surface area (Å²) >= 11 is 0. The quantitative estimate of drug-likeness (QED) is 0.868. The van der Waals surface area contributed by atoms with Crippen LogP contribution in [0.3, 0.4) is 0 Å². The average molecular weight is 351 g/mol. The van der Waals surface area contributed by atoms with Crippen LogP contribution in [0.1, 0.15) is 15.9 Å². The number of halogens is 3. The number of sulfonamides is 1. The van der Waals surface area contributed by atoms with E-state index in [1.165, 1.54) is 0 Å². The predicted molar refractivity (Wildman–Crippen MR) is 76.8 cm³/mol. The third-order valence-electron chi connectivity index (χ3n) is 3.61. The smallest absolute Gasteiger partial charge is 0.366 e. The SMILES string of the molecule is NC(=O)c1ccc(CN2CCN(S(=O)(=O)C(F)(F)F)CC2)cc1. The van der Waals surface area contributed by atoms with E-state index >= 15 is 0 Å². The van der Waals surface area contributed by atoms with Crippen molar-refractivity contribution in [2.75, 3.05) is 26.2 Å². The Morgan fingerprint density at radius 2 is 1.61 bits per heavy atom. The predicted octanol–water partition coefficient (Wildman–Crippen LogP) is 0.753. The zero-order chi connectivity index (χ0) is 17.3. The lowest BCUT2D eigenvalue weighted by Gasteiger charge is -2.34. The summed E-state index contributed by atoms with van der Waals surface area (Å²) in [5.41, 5.74) is 1.10. The van der Waals surface area contributed by atoms with Crippen molar-refractivity contribution >= 4 is 15.9 Å². The molecule has 0 spiro atoms. The number of nitrogens with zero attached hydrogens (tertiary/aromatic N) is 2. The van der Waals surface area contributed by atoms with Gasteiger partial charge < -0.3 is 5.73 Å². The minimum absolute atomic E-state index is 0.201. The first-order chi connectivity index (χ1) is 10.6. The summed E-state index contributed by atoms with van der Waals surface area (Å²) in [6, 6.07) is 6.56. The zero-order valence-electron chi connectivity index (χ0n) is 12.1. The monoisotopic (exact) mass is 351 g/mol. The first-order valence-corrected chi connectivity index (χ1v) is 8.23. The summed E-state index contributed by atoms with van der Waals surface area (Å²) in [5, 5.41) is 0. The van der Waals surface area contributed by atoms with Crippen molar-refractivity contribution in [2.24, 2.45) is 5.73 Å². The molecule has 1 aliphatic rings. The van der Waals surface area contributed by atoms with Crippen molar-refractivity contribution in [1.29, 1.82) is 0 Å². The number of piperazine rings is 1. The van der Waals surface area contributed by atoms with Gasteiger partial charge in [-0.2, -0.15) is 17.5 Å². The van der Waals surface area contributed by atoms with Gasteiger partial charge in [0.2, 0.25) is 5.91 Å². The molecule has 10 heteroatoms. The molecule has 1 aliphatic heterocycles. The molecule has 0 unspecified atom stereocenters. The fraction of sp³-hybridized carbons (Fsp3) is 0.462. The first kappa shape index (κ1) is 17.7. The summed E-state index contributed by atoms with van der Waals surface area (Å²) in [6.45, 7) is 0.446. The molecule has 1 aromatic carbocycles. The maximum atomic E-state index is 12.5. The van der Waals surface area contributed by atoms with Crippen molar-refractivity contribution in [3.05, 3.63) is 35.4 Å². The Morgan fingerprint density at radius 3 is 2.04 bits per heavy atom. The molecule has 1 fully saturated rings. The third-order valence-corrected chi connectivity index (χ3v) is 5.24. The van der Waals surface area contributed by atoms with Crippen LogP contribution in [0.15, 0.2) is 24.3 Å². The van der Waals surface area contributed by atoms with E-state index in [0.29, 0.717) is 16.4 Å². The number of rotatable bonds is 4. The molecule has 23 heavy (non-hydrogen) atoms. The van der Waals surface area contributed by atoms with Gasteiger partial charge in [-0.1, -0.05) is 12.1 Å². The van der Waals surface area contributed by atoms with E-state index in [-0.39, 0.29) is 26.2 Å². The number of amides is 1. The van der Waals surface area contributed by atoms with Gasteiger partial charge in [0, 0.05) is 38.3 Å². The van der Waals surface area contributed by atoms with Gasteiger partial charge in [0.25, 0.3) is 0 Å². The summed E-state index contributed by atoms with van der Waals surface area (Å²) in [4.78, 5) is 12.8. The molecule has 0 aromatic heterocycles. The van der Waals surface area contributed by atoms with Crippen LogP contribution in [0, 0.1) is 0 Å². The molecule has 6 nitrogen and oxygen atoms in total. The van der Waals surface area contributed by atoms with E-state index in [0.717, 1.165) is 5.56 Å². The van der Waals surface area contributed by atoms with Crippen LogP contribution in [0.5, 0.6) is 0 Å². The van der Waals surface area contributed by atoms with E-state index in [1.54, 1.807) is 24.3 Å². The molecule has 1 amide bonds. The van der Waals surface area contributed by atoms with Crippen molar-refractivity contribution < 1.29 is 26.4 Å². The highest BCUT2D eigenvalue weighted by Gasteiger charge is 2.50. The van der Waals surface area contributed by atoms with Crippen molar-refractivity contribution in [2.45, 2.75) is 12.1 Å². The molecule has 0 aliphatic carbocycles. The van der Waals surface area contributed by atoms with E-state index in [4.69, 9.17) is 5.73 Å². The van der Waals surface area contributed by atoms with Crippen LogP contribution >= 0.6 is 0 Å². The maximum absolute atomic E-state index is 12.5. The van der Waals surface area contributed by atoms with Crippen molar-refractivity contribution in [1.82, 2.24) is 9.21 Å². The first-order valence-electron chi connectivity index (χ1n) is 6.79. The van der Waals surface area contributed by atoms with E-state index < -0.39 is 21.4 Å². The lowest BCUT2D eigenvalue weighted by atomic mass is 10.1. The lowest BCUT2D eigenvalue weighted by Crippen LogP contribution is -2.51. The molecule has 1 heterocycles. The van der Waals surface area contributed by atoms with Crippen LogP contribution in [-0.2, 0) is 16.6 Å². The Kier molecular flexibility index (Phi) is 4.97. The summed E-state index contributed by atoms with van der Waals surface area (Å²) in [5.74, 6) is -0.539. The van der Waals surface area contributed by atoms with Crippen LogP contribution < -0.4 is 5.73 Å². The highest BCUT2D eigenvalue weighted by atomic mass is 32.2. The topological polar surface area (TPSA) is 83.7 Å². The highest BCUT2D eigenvalue weighted by molar-refractivity contribution is 7.90. The van der Waals surface area contributed by atoms with Crippen molar-refractivity contribution in [3.8, 4) is 0 Å². The minimum atomic E-state index is -5.26. The van der Waals surface area contributed by atoms with Crippen LogP contribution in [0.25, 0.3) is 0 Å². The highest BCUT2D eigenvalue weighted by Crippen LogP contribution is 2.27. The molecule has 0 saturated carbocycles. The molecule has 2 N–H and O–H groups in total. The van der Waals surface area contributed by atoms with Crippen LogP contribution in [-0.4, -0.2) is 55.2 Å². The van der Waals surface area contributed by atoms with Gasteiger partial charge in [0.1, 0.15) is 0 Å². The molecular formula is C13H16F3N3O3S. The van der Waals surface area contributed by atoms with Gasteiger partial charge in [-0.3, -0.25) is 9.69 Å². The molecular weight excluding hydrogens is 335 g/mol. The van der Waals surface area contributed by atoms with Gasteiger partial charge in [-0.25, -0.2) is 8.42 Å². The Morgan fingerprint density at radius 1 is 1.09 bits per heavy atom. The van der Waals surface area contributed by atoms with Crippen LogP contribution in [0.2, 0.25) is 0 Å². The second-order valence-electron chi connectivity index (χ2n) is 5.19. The fourth-order valence-electron chi connectivity index (χ4n) is 2.31. The zero-order valence-corrected chi connectivity index (χ0v) is 12.9. The number of primary amides is 1. The number of benzene rings is 1. The van der Waals surface area contributed by atoms with Crippen molar-refractivity contribution in [3.63, 3.8) is 0 Å². The fourth-order valence-corrected chi connectivity index (χ4v) is 3.24. The van der Waals surface area contributed by atoms with Crippen LogP contribution in [0.4, 0.5) is 13.2 Å². The number of carbonyl (C=O) groups is 1. The van der Waals surface area contributed by atoms with E-state index in [1.807, 2.05) is 4.90 Å². The molecule has 1 saturated heterocycles. The summed E-state index contributed by atoms with van der Waals surface area (Å²) in [7, 11) is -5.26. The summed E-state index contributed by atoms with van der Waals surface area (Å²) in [6.07, 6.45) is 0. The second-order valence-corrected chi connectivity index (χ2v) is 7.12. The standard InChI is InChI=1S/C13H16F3N3O3S/c14-13(15,16)23(21,22)19-7-5-18(6-8-19)9-10-1-3-11(4-2-10)12(17)20/h1-4H,5-9H2,(H2,17,20). The summed E-state index contributed by atoms with van der Waals surface area (Å²) < 4.78 is 60.5. The molecule has 128 valence electrons. The molecule has 0 radical (unpaired) electrons. The number of alkyl halides is 3. The molecule has 1 aromatic rings. The lowest BCUT2D eigenvalue weighted by molar-refractivity contribution is -0.0500. The normalized spacial score (nSPS) is 18.0. The minimum Gasteiger partial charge on any atom is -0.366 e. The van der Waals surface area contributed by atoms with Gasteiger partial charge >= 0.3 is 15.5 Å². The third kappa shape index (κ3) is 4.01. The Labute approximate surface area is 131 Å². The number of hydrogen-bond acceptors (Lipinski definition) is 4. The Hall–Kier alpha value is -1.65.